The van der Waals surface area contributed by atoms with Crippen molar-refractivity contribution in [1.29, 1.82) is 0 Å². The number of halogens is 1. The monoisotopic (exact) mass is 557 g/mol. The molecule has 0 bridgehead atoms. The smallest absolute Gasteiger partial charge is 0.196 e. The summed E-state index contributed by atoms with van der Waals surface area (Å²) in [5.41, 5.74) is 3.12. The third kappa shape index (κ3) is 10.1. The van der Waals surface area contributed by atoms with Crippen molar-refractivity contribution in [2.24, 2.45) is 4.99 Å². The molecule has 8 heteroatoms. The van der Waals surface area contributed by atoms with Gasteiger partial charge in [0.25, 0.3) is 0 Å². The number of ether oxygens (including phenoxy) is 4. The van der Waals surface area contributed by atoms with Crippen LogP contribution in [0.5, 0.6) is 11.5 Å². The highest BCUT2D eigenvalue weighted by Crippen LogP contribution is 2.30. The number of methoxy groups -OCH3 is 1. The quantitative estimate of drug-likeness (QED) is 0.159. The van der Waals surface area contributed by atoms with Crippen molar-refractivity contribution in [3.63, 3.8) is 0 Å². The molecule has 2 N–H and O–H groups in total. The van der Waals surface area contributed by atoms with Crippen molar-refractivity contribution in [3.8, 4) is 11.5 Å². The third-order valence-electron chi connectivity index (χ3n) is 4.33. The highest BCUT2D eigenvalue weighted by molar-refractivity contribution is 14.0. The van der Waals surface area contributed by atoms with Crippen LogP contribution in [0.1, 0.15) is 31.9 Å². The molecule has 0 aliphatic heterocycles. The molecular weight excluding hydrogens is 521 g/mol. The fourth-order valence-electron chi connectivity index (χ4n) is 2.91. The molecule has 0 aliphatic rings. The van der Waals surface area contributed by atoms with Crippen LogP contribution >= 0.6 is 24.0 Å². The first-order chi connectivity index (χ1) is 15.2. The molecule has 0 atom stereocenters. The summed E-state index contributed by atoms with van der Waals surface area (Å²) in [6.07, 6.45) is 0. The molecule has 0 unspecified atom stereocenters. The summed E-state index contributed by atoms with van der Waals surface area (Å²) in [6, 6.07) is 14.0. The Labute approximate surface area is 208 Å². The molecule has 0 saturated heterocycles. The highest BCUT2D eigenvalue weighted by atomic mass is 127. The van der Waals surface area contributed by atoms with E-state index in [1.807, 2.05) is 45.0 Å². The zero-order chi connectivity index (χ0) is 22.3. The number of hydrogen-bond donors (Lipinski definition) is 2. The van der Waals surface area contributed by atoms with Gasteiger partial charge in [-0.3, -0.25) is 0 Å². The van der Waals surface area contributed by atoms with Crippen LogP contribution in [0.4, 0.5) is 5.69 Å². The van der Waals surface area contributed by atoms with Crippen LogP contribution in [-0.4, -0.2) is 46.0 Å². The molecule has 2 aromatic rings. The summed E-state index contributed by atoms with van der Waals surface area (Å²) in [7, 11) is 1.63. The number of guanidine groups is 1. The van der Waals surface area contributed by atoms with Gasteiger partial charge in [-0.15, -0.1) is 24.0 Å². The predicted molar refractivity (Wildman–Crippen MR) is 141 cm³/mol. The van der Waals surface area contributed by atoms with Crippen LogP contribution in [-0.2, 0) is 22.6 Å². The zero-order valence-electron chi connectivity index (χ0n) is 19.5. The van der Waals surface area contributed by atoms with Gasteiger partial charge in [0.2, 0.25) is 0 Å². The molecule has 2 aromatic carbocycles. The molecular formula is C24H36IN3O4. The van der Waals surface area contributed by atoms with Crippen molar-refractivity contribution < 1.29 is 18.9 Å². The fraction of sp³-hybridized carbons (Fsp3) is 0.458. The van der Waals surface area contributed by atoms with Crippen LogP contribution in [0.15, 0.2) is 47.5 Å². The van der Waals surface area contributed by atoms with Crippen LogP contribution in [0.25, 0.3) is 0 Å². The molecule has 7 nitrogen and oxygen atoms in total. The van der Waals surface area contributed by atoms with Crippen molar-refractivity contribution in [3.05, 3.63) is 53.6 Å². The number of aliphatic imine (C=N–C) groups is 1. The Kier molecular flexibility index (Phi) is 14.5. The van der Waals surface area contributed by atoms with Gasteiger partial charge in [0.1, 0.15) is 0 Å². The largest absolute Gasteiger partial charge is 0.493 e. The predicted octanol–water partition coefficient (Wildman–Crippen LogP) is 4.84. The second-order valence-corrected chi connectivity index (χ2v) is 6.69. The van der Waals surface area contributed by atoms with Crippen LogP contribution in [0.3, 0.4) is 0 Å². The van der Waals surface area contributed by atoms with Crippen molar-refractivity contribution in [2.45, 2.75) is 33.9 Å². The Morgan fingerprint density at radius 3 is 2.41 bits per heavy atom. The number of nitrogens with one attached hydrogen (secondary N) is 2. The summed E-state index contributed by atoms with van der Waals surface area (Å²) >= 11 is 0. The van der Waals surface area contributed by atoms with E-state index in [9.17, 15) is 0 Å². The lowest BCUT2D eigenvalue weighted by molar-refractivity contribution is 0.0453. The maximum Gasteiger partial charge on any atom is 0.196 e. The van der Waals surface area contributed by atoms with E-state index in [1.165, 1.54) is 0 Å². The maximum absolute atomic E-state index is 5.66. The van der Waals surface area contributed by atoms with E-state index in [0.717, 1.165) is 23.4 Å². The van der Waals surface area contributed by atoms with E-state index >= 15 is 0 Å². The summed E-state index contributed by atoms with van der Waals surface area (Å²) in [6.45, 7) is 10.3. The van der Waals surface area contributed by atoms with E-state index in [1.54, 1.807) is 7.11 Å². The topological polar surface area (TPSA) is 73.3 Å². The molecule has 0 aromatic heterocycles. The van der Waals surface area contributed by atoms with Gasteiger partial charge in [-0.1, -0.05) is 24.3 Å². The standard InChI is InChI=1S/C24H35N3O4.HI/c1-5-25-24(27-21-11-12-22(28-4)23(16-21)31-7-3)26-17-19-9-8-10-20(15-19)18-30-14-13-29-6-2;/h8-12,15-16H,5-7,13-14,17-18H2,1-4H3,(H2,25,26,27);1H. The maximum atomic E-state index is 5.66. The second kappa shape index (κ2) is 16.6. The van der Waals surface area contributed by atoms with Crippen molar-refractivity contribution >= 4 is 35.6 Å². The number of anilines is 1. The Morgan fingerprint density at radius 1 is 0.906 bits per heavy atom. The van der Waals surface area contributed by atoms with E-state index in [0.29, 0.717) is 57.0 Å². The molecule has 0 radical (unpaired) electrons. The van der Waals surface area contributed by atoms with Gasteiger partial charge in [-0.25, -0.2) is 4.99 Å². The number of nitrogens with zero attached hydrogens (tertiary/aromatic N) is 1. The average molecular weight is 557 g/mol. The van der Waals surface area contributed by atoms with Gasteiger partial charge in [0, 0.05) is 24.9 Å². The first-order valence-electron chi connectivity index (χ1n) is 10.8. The van der Waals surface area contributed by atoms with Crippen LogP contribution < -0.4 is 20.1 Å². The van der Waals surface area contributed by atoms with E-state index < -0.39 is 0 Å². The molecule has 0 aliphatic carbocycles. The molecule has 2 rings (SSSR count). The molecule has 0 amide bonds. The minimum atomic E-state index is 0. The van der Waals surface area contributed by atoms with Gasteiger partial charge < -0.3 is 29.6 Å². The van der Waals surface area contributed by atoms with E-state index in [2.05, 4.69) is 28.8 Å². The minimum absolute atomic E-state index is 0. The van der Waals surface area contributed by atoms with Crippen molar-refractivity contribution in [2.75, 3.05) is 45.4 Å². The average Bonchev–Trinajstić information content (AvgIpc) is 2.78. The lowest BCUT2D eigenvalue weighted by Crippen LogP contribution is -2.30. The Balaban J connectivity index is 0.00000512. The summed E-state index contributed by atoms with van der Waals surface area (Å²) in [5.74, 6) is 2.10. The lowest BCUT2D eigenvalue weighted by Gasteiger charge is -2.14. The zero-order valence-corrected chi connectivity index (χ0v) is 21.8. The van der Waals surface area contributed by atoms with Crippen molar-refractivity contribution in [1.82, 2.24) is 5.32 Å². The van der Waals surface area contributed by atoms with Gasteiger partial charge >= 0.3 is 0 Å². The Hall–Kier alpha value is -2.04. The van der Waals surface area contributed by atoms with E-state index in [4.69, 9.17) is 23.9 Å². The van der Waals surface area contributed by atoms with Gasteiger partial charge in [-0.2, -0.15) is 0 Å². The van der Waals surface area contributed by atoms with Crippen LogP contribution in [0, 0.1) is 0 Å². The van der Waals surface area contributed by atoms with Gasteiger partial charge in [0.05, 0.1) is 40.1 Å². The van der Waals surface area contributed by atoms with Crippen LogP contribution in [0.2, 0.25) is 0 Å². The normalized spacial score (nSPS) is 10.9. The molecule has 0 fully saturated rings. The number of rotatable bonds is 13. The minimum Gasteiger partial charge on any atom is -0.493 e. The second-order valence-electron chi connectivity index (χ2n) is 6.69. The summed E-state index contributed by atoms with van der Waals surface area (Å²) in [5, 5.41) is 6.61. The first-order valence-corrected chi connectivity index (χ1v) is 10.8. The van der Waals surface area contributed by atoms with Gasteiger partial charge in [0.15, 0.2) is 17.5 Å². The lowest BCUT2D eigenvalue weighted by atomic mass is 10.1. The van der Waals surface area contributed by atoms with E-state index in [-0.39, 0.29) is 24.0 Å². The Morgan fingerprint density at radius 2 is 1.69 bits per heavy atom. The number of benzene rings is 2. The molecule has 0 heterocycles. The molecule has 0 spiro atoms. The van der Waals surface area contributed by atoms with Gasteiger partial charge in [-0.05, 0) is 44.0 Å². The summed E-state index contributed by atoms with van der Waals surface area (Å²) < 4.78 is 22.0. The SMILES string of the molecule is CCNC(=NCc1cccc(COCCOCC)c1)Nc1ccc(OC)c(OCC)c1.I. The molecule has 0 saturated carbocycles. The third-order valence-corrected chi connectivity index (χ3v) is 4.33. The molecule has 178 valence electrons. The fourth-order valence-corrected chi connectivity index (χ4v) is 2.91. The summed E-state index contributed by atoms with van der Waals surface area (Å²) in [4.78, 5) is 4.72. The Bertz CT molecular complexity index is 818. The molecule has 32 heavy (non-hydrogen) atoms. The first kappa shape index (κ1) is 28.0. The highest BCUT2D eigenvalue weighted by Gasteiger charge is 2.07. The number of hydrogen-bond acceptors (Lipinski definition) is 5.